The van der Waals surface area contributed by atoms with Gasteiger partial charge in [-0.05, 0) is 31.0 Å². The molecule has 1 fully saturated rings. The van der Waals surface area contributed by atoms with Crippen LogP contribution in [0.1, 0.15) is 38.1 Å². The van der Waals surface area contributed by atoms with Gasteiger partial charge in [-0.1, -0.05) is 42.5 Å². The van der Waals surface area contributed by atoms with Crippen molar-refractivity contribution in [2.24, 2.45) is 0 Å². The predicted octanol–water partition coefficient (Wildman–Crippen LogP) is 5.44. The van der Waals surface area contributed by atoms with Crippen molar-refractivity contribution >= 4 is 34.8 Å². The van der Waals surface area contributed by atoms with Crippen molar-refractivity contribution in [2.75, 3.05) is 5.32 Å². The van der Waals surface area contributed by atoms with E-state index in [4.69, 9.17) is 23.2 Å². The lowest BCUT2D eigenvalue weighted by Gasteiger charge is -2.24. The maximum Gasteiger partial charge on any atom is 0.207 e. The fourth-order valence-corrected chi connectivity index (χ4v) is 3.23. The van der Waals surface area contributed by atoms with E-state index in [1.165, 1.54) is 32.1 Å². The van der Waals surface area contributed by atoms with E-state index in [1.807, 2.05) is 24.5 Å². The lowest BCUT2D eigenvalue weighted by molar-refractivity contribution is 0.356. The highest BCUT2D eigenvalue weighted by Gasteiger charge is 2.18. The van der Waals surface area contributed by atoms with Gasteiger partial charge in [0.15, 0.2) is 0 Å². The zero-order valence-corrected chi connectivity index (χ0v) is 12.7. The summed E-state index contributed by atoms with van der Waals surface area (Å²) in [5.41, 5.74) is 0.833. The molecule has 0 saturated heterocycles. The first-order valence-electron chi connectivity index (χ1n) is 6.99. The minimum Gasteiger partial charge on any atom is -0.324 e. The largest absolute Gasteiger partial charge is 0.324 e. The smallest absolute Gasteiger partial charge is 0.207 e. The van der Waals surface area contributed by atoms with Crippen LogP contribution in [0.25, 0.3) is 0 Å². The minimum absolute atomic E-state index is 0.542. The number of nitrogens with zero attached hydrogens (tertiary/aromatic N) is 2. The number of anilines is 2. The molecule has 3 nitrogen and oxygen atoms in total. The predicted molar refractivity (Wildman–Crippen MR) is 84.1 cm³/mol. The molecule has 0 amide bonds. The van der Waals surface area contributed by atoms with Gasteiger partial charge in [0.2, 0.25) is 5.95 Å². The summed E-state index contributed by atoms with van der Waals surface area (Å²) >= 11 is 12.1. The molecule has 1 aromatic carbocycles. The van der Waals surface area contributed by atoms with Gasteiger partial charge in [-0.3, -0.25) is 0 Å². The summed E-state index contributed by atoms with van der Waals surface area (Å²) in [4.78, 5) is 4.41. The van der Waals surface area contributed by atoms with Crippen molar-refractivity contribution < 1.29 is 0 Å². The van der Waals surface area contributed by atoms with Crippen LogP contribution in [0.15, 0.2) is 30.6 Å². The van der Waals surface area contributed by atoms with E-state index >= 15 is 0 Å². The Balaban J connectivity index is 1.82. The molecule has 106 valence electrons. The van der Waals surface area contributed by atoms with Crippen LogP contribution in [0.2, 0.25) is 10.0 Å². The molecule has 1 aromatic heterocycles. The van der Waals surface area contributed by atoms with Crippen LogP contribution in [0.5, 0.6) is 0 Å². The standard InChI is InChI=1S/C15H17Cl2N3/c16-11-6-7-14(13(17)10-11)19-15-18-8-9-20(15)12-4-2-1-3-5-12/h6-10,12H,1-5H2,(H,18,19). The van der Waals surface area contributed by atoms with Crippen molar-refractivity contribution in [1.29, 1.82) is 0 Å². The van der Waals surface area contributed by atoms with E-state index < -0.39 is 0 Å². The zero-order valence-electron chi connectivity index (χ0n) is 11.1. The van der Waals surface area contributed by atoms with Gasteiger partial charge in [-0.25, -0.2) is 4.98 Å². The molecule has 0 aliphatic heterocycles. The topological polar surface area (TPSA) is 29.9 Å². The molecule has 1 heterocycles. The van der Waals surface area contributed by atoms with E-state index in [0.717, 1.165) is 11.6 Å². The number of imidazole rings is 1. The molecule has 0 spiro atoms. The van der Waals surface area contributed by atoms with Crippen molar-refractivity contribution in [3.05, 3.63) is 40.6 Å². The first-order chi connectivity index (χ1) is 9.74. The Morgan fingerprint density at radius 3 is 2.70 bits per heavy atom. The van der Waals surface area contributed by atoms with Crippen LogP contribution >= 0.6 is 23.2 Å². The Bertz CT molecular complexity index is 589. The zero-order chi connectivity index (χ0) is 13.9. The van der Waals surface area contributed by atoms with Crippen LogP contribution in [0, 0.1) is 0 Å². The first-order valence-corrected chi connectivity index (χ1v) is 7.74. The van der Waals surface area contributed by atoms with Gasteiger partial charge in [-0.2, -0.15) is 0 Å². The van der Waals surface area contributed by atoms with Crippen LogP contribution < -0.4 is 5.32 Å². The van der Waals surface area contributed by atoms with E-state index in [-0.39, 0.29) is 0 Å². The molecule has 3 rings (SSSR count). The maximum absolute atomic E-state index is 6.20. The van der Waals surface area contributed by atoms with Crippen LogP contribution in [-0.4, -0.2) is 9.55 Å². The third-order valence-electron chi connectivity index (χ3n) is 3.81. The Labute approximate surface area is 128 Å². The summed E-state index contributed by atoms with van der Waals surface area (Å²) in [6, 6.07) is 5.98. The van der Waals surface area contributed by atoms with Crippen LogP contribution in [0.3, 0.4) is 0 Å². The Hall–Kier alpha value is -1.19. The summed E-state index contributed by atoms with van der Waals surface area (Å²) < 4.78 is 2.23. The number of halogens is 2. The second-order valence-corrected chi connectivity index (χ2v) is 6.04. The second kappa shape index (κ2) is 6.06. The third kappa shape index (κ3) is 2.94. The molecule has 0 bridgehead atoms. The van der Waals surface area contributed by atoms with E-state index in [0.29, 0.717) is 16.1 Å². The quantitative estimate of drug-likeness (QED) is 0.818. The number of hydrogen-bond acceptors (Lipinski definition) is 2. The van der Waals surface area contributed by atoms with Gasteiger partial charge in [0.25, 0.3) is 0 Å². The highest BCUT2D eigenvalue weighted by atomic mass is 35.5. The Kier molecular flexibility index (Phi) is 4.18. The number of rotatable bonds is 3. The van der Waals surface area contributed by atoms with Gasteiger partial charge in [-0.15, -0.1) is 0 Å². The molecule has 0 radical (unpaired) electrons. The second-order valence-electron chi connectivity index (χ2n) is 5.20. The summed E-state index contributed by atoms with van der Waals surface area (Å²) in [5, 5.41) is 4.55. The molecule has 1 N–H and O–H groups in total. The van der Waals surface area contributed by atoms with Gasteiger partial charge >= 0.3 is 0 Å². The molecule has 5 heteroatoms. The SMILES string of the molecule is Clc1ccc(Nc2nccn2C2CCCCC2)c(Cl)c1. The highest BCUT2D eigenvalue weighted by molar-refractivity contribution is 6.36. The molecule has 1 saturated carbocycles. The number of benzene rings is 1. The number of hydrogen-bond donors (Lipinski definition) is 1. The van der Waals surface area contributed by atoms with Gasteiger partial charge in [0, 0.05) is 23.5 Å². The van der Waals surface area contributed by atoms with Crippen molar-refractivity contribution in [1.82, 2.24) is 9.55 Å². The van der Waals surface area contributed by atoms with Gasteiger partial charge in [0.1, 0.15) is 0 Å². The van der Waals surface area contributed by atoms with Crippen molar-refractivity contribution in [3.8, 4) is 0 Å². The minimum atomic E-state index is 0.542. The van der Waals surface area contributed by atoms with E-state index in [2.05, 4.69) is 14.9 Å². The summed E-state index contributed by atoms with van der Waals surface area (Å²) in [6.07, 6.45) is 10.3. The van der Waals surface area contributed by atoms with Crippen molar-refractivity contribution in [3.63, 3.8) is 0 Å². The summed E-state index contributed by atoms with van der Waals surface area (Å²) in [7, 11) is 0. The summed E-state index contributed by atoms with van der Waals surface area (Å²) in [6.45, 7) is 0. The molecule has 0 unspecified atom stereocenters. The van der Waals surface area contributed by atoms with Crippen molar-refractivity contribution in [2.45, 2.75) is 38.1 Å². The van der Waals surface area contributed by atoms with Crippen LogP contribution in [0.4, 0.5) is 11.6 Å². The van der Waals surface area contributed by atoms with E-state index in [1.54, 1.807) is 6.07 Å². The first kappa shape index (κ1) is 13.8. The molecule has 1 aliphatic carbocycles. The highest BCUT2D eigenvalue weighted by Crippen LogP contribution is 2.32. The average molecular weight is 310 g/mol. The lowest BCUT2D eigenvalue weighted by atomic mass is 9.95. The molecular weight excluding hydrogens is 293 g/mol. The third-order valence-corrected chi connectivity index (χ3v) is 4.36. The fraction of sp³-hybridized carbons (Fsp3) is 0.400. The molecule has 0 atom stereocenters. The van der Waals surface area contributed by atoms with E-state index in [9.17, 15) is 0 Å². The number of aromatic nitrogens is 2. The molecule has 20 heavy (non-hydrogen) atoms. The Morgan fingerprint density at radius 2 is 1.95 bits per heavy atom. The van der Waals surface area contributed by atoms with Gasteiger partial charge in [0.05, 0.1) is 10.7 Å². The molecule has 1 aliphatic rings. The molecular formula is C15H17Cl2N3. The average Bonchev–Trinajstić information content (AvgIpc) is 2.91. The summed E-state index contributed by atoms with van der Waals surface area (Å²) in [5.74, 6) is 0.848. The monoisotopic (exact) mass is 309 g/mol. The Morgan fingerprint density at radius 1 is 1.15 bits per heavy atom. The maximum atomic E-state index is 6.20. The lowest BCUT2D eigenvalue weighted by Crippen LogP contribution is -2.14. The van der Waals surface area contributed by atoms with Gasteiger partial charge < -0.3 is 9.88 Å². The molecule has 2 aromatic rings. The fourth-order valence-electron chi connectivity index (χ4n) is 2.78. The number of nitrogens with one attached hydrogen (secondary N) is 1. The normalized spacial score (nSPS) is 16.3. The van der Waals surface area contributed by atoms with Crippen LogP contribution in [-0.2, 0) is 0 Å².